The molecule has 0 fully saturated rings. The van der Waals surface area contributed by atoms with Gasteiger partial charge in [0.05, 0.1) is 15.8 Å². The monoisotopic (exact) mass is 331 g/mol. The summed E-state index contributed by atoms with van der Waals surface area (Å²) in [6, 6.07) is 7.28. The van der Waals surface area contributed by atoms with Crippen molar-refractivity contribution in [3.8, 4) is 0 Å². The quantitative estimate of drug-likeness (QED) is 0.843. The number of pyridine rings is 1. The lowest BCUT2D eigenvalue weighted by atomic mass is 10.1. The molecule has 0 spiro atoms. The number of hydrogen-bond acceptors (Lipinski definition) is 4. The first kappa shape index (κ1) is 17.3. The van der Waals surface area contributed by atoms with E-state index >= 15 is 0 Å². The summed E-state index contributed by atoms with van der Waals surface area (Å²) in [7, 11) is 0. The fourth-order valence-corrected chi connectivity index (χ4v) is 3.45. The number of primary amides is 1. The van der Waals surface area contributed by atoms with Crippen molar-refractivity contribution in [1.29, 1.82) is 0 Å². The summed E-state index contributed by atoms with van der Waals surface area (Å²) in [5.74, 6) is -0.351. The molecule has 1 aromatic carbocycles. The highest BCUT2D eigenvalue weighted by molar-refractivity contribution is 8.00. The second-order valence-corrected chi connectivity index (χ2v) is 7.10. The number of nitrogens with two attached hydrogens (primary N) is 1. The van der Waals surface area contributed by atoms with Crippen molar-refractivity contribution in [2.45, 2.75) is 38.0 Å². The third-order valence-electron chi connectivity index (χ3n) is 3.51. The van der Waals surface area contributed by atoms with E-state index in [1.54, 1.807) is 0 Å². The van der Waals surface area contributed by atoms with E-state index in [4.69, 9.17) is 5.73 Å². The van der Waals surface area contributed by atoms with Gasteiger partial charge in [-0.2, -0.15) is 0 Å². The standard InChI is InChI=1S/C17H21N3O2S/c1-9(2)15(16(21)20-17(18)22)23-14-8-11(4)12-6-5-10(3)7-13(12)19-14/h5-9,15H,1-4H3,(H3,18,20,21,22). The zero-order valence-electron chi connectivity index (χ0n) is 13.7. The summed E-state index contributed by atoms with van der Waals surface area (Å²) >= 11 is 1.35. The first-order chi connectivity index (χ1) is 10.8. The molecular formula is C17H21N3O2S. The van der Waals surface area contributed by atoms with Gasteiger partial charge in [-0.15, -0.1) is 0 Å². The van der Waals surface area contributed by atoms with Gasteiger partial charge in [-0.05, 0) is 43.0 Å². The molecule has 3 amide bonds. The normalized spacial score (nSPS) is 12.4. The van der Waals surface area contributed by atoms with Crippen LogP contribution in [0.2, 0.25) is 0 Å². The first-order valence-electron chi connectivity index (χ1n) is 7.43. The molecule has 2 aromatic rings. The fourth-order valence-electron chi connectivity index (χ4n) is 2.36. The van der Waals surface area contributed by atoms with Crippen molar-refractivity contribution in [2.24, 2.45) is 11.7 Å². The number of fused-ring (bicyclic) bond motifs is 1. The maximum Gasteiger partial charge on any atom is 0.318 e. The molecule has 3 N–H and O–H groups in total. The van der Waals surface area contributed by atoms with Gasteiger partial charge in [-0.1, -0.05) is 37.7 Å². The fraction of sp³-hybridized carbons (Fsp3) is 0.353. The average Bonchev–Trinajstić information content (AvgIpc) is 2.43. The Hall–Kier alpha value is -2.08. The lowest BCUT2D eigenvalue weighted by molar-refractivity contribution is -0.120. The average molecular weight is 331 g/mol. The number of nitrogens with one attached hydrogen (secondary N) is 1. The smallest absolute Gasteiger partial charge is 0.318 e. The van der Waals surface area contributed by atoms with E-state index in [1.165, 1.54) is 11.8 Å². The molecule has 0 aliphatic carbocycles. The second kappa shape index (κ2) is 7.00. The van der Waals surface area contributed by atoms with Gasteiger partial charge in [0.2, 0.25) is 5.91 Å². The lowest BCUT2D eigenvalue weighted by Crippen LogP contribution is -2.42. The molecule has 0 aliphatic heterocycles. The van der Waals surface area contributed by atoms with Crippen molar-refractivity contribution in [3.05, 3.63) is 35.4 Å². The number of carbonyl (C=O) groups is 2. The Labute approximate surface area is 140 Å². The minimum absolute atomic E-state index is 0.0367. The zero-order chi connectivity index (χ0) is 17.1. The number of aromatic nitrogens is 1. The van der Waals surface area contributed by atoms with Crippen LogP contribution in [0, 0.1) is 19.8 Å². The molecule has 1 atom stereocenters. The molecule has 0 radical (unpaired) electrons. The first-order valence-corrected chi connectivity index (χ1v) is 8.31. The van der Waals surface area contributed by atoms with Crippen LogP contribution < -0.4 is 11.1 Å². The van der Waals surface area contributed by atoms with E-state index in [2.05, 4.69) is 22.4 Å². The van der Waals surface area contributed by atoms with E-state index in [-0.39, 0.29) is 11.8 Å². The second-order valence-electron chi connectivity index (χ2n) is 5.93. The molecule has 0 saturated heterocycles. The lowest BCUT2D eigenvalue weighted by Gasteiger charge is -2.19. The molecule has 122 valence electrons. The molecule has 2 rings (SSSR count). The Balaban J connectivity index is 2.34. The molecule has 1 aromatic heterocycles. The molecule has 0 aliphatic rings. The topological polar surface area (TPSA) is 85.1 Å². The number of imide groups is 1. The number of carbonyl (C=O) groups excluding carboxylic acids is 2. The summed E-state index contributed by atoms with van der Waals surface area (Å²) in [5.41, 5.74) is 8.20. The van der Waals surface area contributed by atoms with E-state index in [9.17, 15) is 9.59 Å². The highest BCUT2D eigenvalue weighted by Crippen LogP contribution is 2.30. The van der Waals surface area contributed by atoms with E-state index in [0.717, 1.165) is 27.1 Å². The molecule has 5 nitrogen and oxygen atoms in total. The van der Waals surface area contributed by atoms with Crippen LogP contribution in [0.1, 0.15) is 25.0 Å². The van der Waals surface area contributed by atoms with Gasteiger partial charge < -0.3 is 5.73 Å². The van der Waals surface area contributed by atoms with E-state index < -0.39 is 11.3 Å². The summed E-state index contributed by atoms with van der Waals surface area (Å²) in [6.07, 6.45) is 0. The Morgan fingerprint density at radius 3 is 2.52 bits per heavy atom. The summed E-state index contributed by atoms with van der Waals surface area (Å²) in [6.45, 7) is 7.90. The van der Waals surface area contributed by atoms with Crippen molar-refractivity contribution in [3.63, 3.8) is 0 Å². The molecule has 23 heavy (non-hydrogen) atoms. The van der Waals surface area contributed by atoms with Gasteiger partial charge in [-0.3, -0.25) is 10.1 Å². The third-order valence-corrected chi connectivity index (χ3v) is 4.97. The van der Waals surface area contributed by atoms with Gasteiger partial charge in [0.1, 0.15) is 0 Å². The van der Waals surface area contributed by atoms with Crippen LogP contribution in [-0.2, 0) is 4.79 Å². The van der Waals surface area contributed by atoms with Crippen LogP contribution >= 0.6 is 11.8 Å². The van der Waals surface area contributed by atoms with Crippen LogP contribution in [-0.4, -0.2) is 22.2 Å². The number of amides is 3. The number of hydrogen-bond donors (Lipinski definition) is 2. The number of rotatable bonds is 4. The summed E-state index contributed by atoms with van der Waals surface area (Å²) in [4.78, 5) is 27.7. The zero-order valence-corrected chi connectivity index (χ0v) is 14.5. The van der Waals surface area contributed by atoms with E-state index in [1.807, 2.05) is 39.8 Å². The van der Waals surface area contributed by atoms with Crippen molar-refractivity contribution < 1.29 is 9.59 Å². The van der Waals surface area contributed by atoms with Crippen molar-refractivity contribution in [2.75, 3.05) is 0 Å². The third kappa shape index (κ3) is 4.22. The van der Waals surface area contributed by atoms with Crippen LogP contribution in [0.25, 0.3) is 10.9 Å². The minimum atomic E-state index is -0.834. The Kier molecular flexibility index (Phi) is 5.26. The van der Waals surface area contributed by atoms with Gasteiger partial charge in [0.15, 0.2) is 0 Å². The predicted octanol–water partition coefficient (Wildman–Crippen LogP) is 3.16. The number of benzene rings is 1. The Morgan fingerprint density at radius 2 is 1.91 bits per heavy atom. The van der Waals surface area contributed by atoms with Gasteiger partial charge >= 0.3 is 6.03 Å². The Bertz CT molecular complexity index is 759. The number of urea groups is 1. The largest absolute Gasteiger partial charge is 0.351 e. The maximum absolute atomic E-state index is 12.1. The van der Waals surface area contributed by atoms with Gasteiger partial charge in [0, 0.05) is 5.39 Å². The highest BCUT2D eigenvalue weighted by atomic mass is 32.2. The molecule has 6 heteroatoms. The molecular weight excluding hydrogens is 310 g/mol. The van der Waals surface area contributed by atoms with Crippen molar-refractivity contribution in [1.82, 2.24) is 10.3 Å². The van der Waals surface area contributed by atoms with Crippen LogP contribution in [0.3, 0.4) is 0 Å². The maximum atomic E-state index is 12.1. The number of nitrogens with zero attached hydrogens (tertiary/aromatic N) is 1. The summed E-state index contributed by atoms with van der Waals surface area (Å²) < 4.78 is 0. The predicted molar refractivity (Wildman–Crippen MR) is 93.4 cm³/mol. The summed E-state index contributed by atoms with van der Waals surface area (Å²) in [5, 5.41) is 3.59. The highest BCUT2D eigenvalue weighted by Gasteiger charge is 2.25. The van der Waals surface area contributed by atoms with Crippen LogP contribution in [0.5, 0.6) is 0 Å². The minimum Gasteiger partial charge on any atom is -0.351 e. The number of aryl methyl sites for hydroxylation is 2. The SMILES string of the molecule is Cc1ccc2c(C)cc(SC(C(=O)NC(N)=O)C(C)C)nc2c1. The van der Waals surface area contributed by atoms with E-state index in [0.29, 0.717) is 0 Å². The molecule has 0 bridgehead atoms. The van der Waals surface area contributed by atoms with Crippen LogP contribution in [0.4, 0.5) is 4.79 Å². The molecule has 1 heterocycles. The van der Waals surface area contributed by atoms with Gasteiger partial charge in [0.25, 0.3) is 0 Å². The van der Waals surface area contributed by atoms with Gasteiger partial charge in [-0.25, -0.2) is 9.78 Å². The molecule has 1 unspecified atom stereocenters. The molecule has 0 saturated carbocycles. The van der Waals surface area contributed by atoms with Crippen LogP contribution in [0.15, 0.2) is 29.3 Å². The number of thioether (sulfide) groups is 1. The Morgan fingerprint density at radius 1 is 1.22 bits per heavy atom. The van der Waals surface area contributed by atoms with Crippen molar-refractivity contribution >= 4 is 34.6 Å².